The van der Waals surface area contributed by atoms with Crippen molar-refractivity contribution in [2.45, 2.75) is 25.2 Å². The van der Waals surface area contributed by atoms with Crippen LogP contribution in [0.25, 0.3) is 0 Å². The molecule has 0 bridgehead atoms. The molecule has 1 N–H and O–H groups in total. The number of carbonyl (C=O) groups excluding carboxylic acids is 2. The maximum absolute atomic E-state index is 12.8. The molecule has 0 fully saturated rings. The minimum atomic E-state index is -3.76. The molecule has 0 aromatic heterocycles. The Kier molecular flexibility index (Phi) is 6.07. The average Bonchev–Trinajstić information content (AvgIpc) is 2.71. The number of ketones is 2. The fourth-order valence-electron chi connectivity index (χ4n) is 3.38. The summed E-state index contributed by atoms with van der Waals surface area (Å²) in [6.07, 6.45) is 0.691. The topological polar surface area (TPSA) is 83.6 Å². The second kappa shape index (κ2) is 8.34. The van der Waals surface area contributed by atoms with E-state index in [0.29, 0.717) is 24.1 Å². The van der Waals surface area contributed by atoms with E-state index in [0.717, 1.165) is 19.6 Å². The first kappa shape index (κ1) is 20.4. The van der Waals surface area contributed by atoms with Crippen LogP contribution in [-0.4, -0.2) is 51.1 Å². The third kappa shape index (κ3) is 3.92. The van der Waals surface area contributed by atoms with Crippen molar-refractivity contribution in [3.8, 4) is 0 Å². The van der Waals surface area contributed by atoms with Crippen LogP contribution in [0.5, 0.6) is 0 Å². The number of rotatable bonds is 8. The summed E-state index contributed by atoms with van der Waals surface area (Å²) in [4.78, 5) is 27.6. The highest BCUT2D eigenvalue weighted by Gasteiger charge is 2.30. The Labute approximate surface area is 165 Å². The molecule has 0 heterocycles. The molecule has 0 amide bonds. The largest absolute Gasteiger partial charge is 0.304 e. The summed E-state index contributed by atoms with van der Waals surface area (Å²) in [6.45, 7) is 7.10. The maximum atomic E-state index is 12.8. The van der Waals surface area contributed by atoms with E-state index in [1.54, 1.807) is 24.3 Å². The zero-order valence-corrected chi connectivity index (χ0v) is 16.9. The van der Waals surface area contributed by atoms with Crippen LogP contribution in [0.4, 0.5) is 0 Å². The summed E-state index contributed by atoms with van der Waals surface area (Å²) in [5, 5.41) is 0. The number of benzene rings is 2. The first-order valence-electron chi connectivity index (χ1n) is 9.43. The molecule has 0 radical (unpaired) electrons. The summed E-state index contributed by atoms with van der Waals surface area (Å²) in [5.41, 5.74) is 1.03. The molecule has 2 aromatic carbocycles. The highest BCUT2D eigenvalue weighted by molar-refractivity contribution is 7.89. The first-order valence-corrected chi connectivity index (χ1v) is 10.9. The number of hydrogen-bond donors (Lipinski definition) is 1. The van der Waals surface area contributed by atoms with Gasteiger partial charge in [0.2, 0.25) is 10.0 Å². The van der Waals surface area contributed by atoms with E-state index < -0.39 is 10.0 Å². The van der Waals surface area contributed by atoms with Gasteiger partial charge in [-0.1, -0.05) is 38.1 Å². The molecule has 0 unspecified atom stereocenters. The van der Waals surface area contributed by atoms with Gasteiger partial charge in [-0.3, -0.25) is 9.59 Å². The van der Waals surface area contributed by atoms with Crippen molar-refractivity contribution in [1.29, 1.82) is 0 Å². The Morgan fingerprint density at radius 2 is 1.43 bits per heavy atom. The summed E-state index contributed by atoms with van der Waals surface area (Å²) in [7, 11) is -3.76. The summed E-state index contributed by atoms with van der Waals surface area (Å²) >= 11 is 0. The summed E-state index contributed by atoms with van der Waals surface area (Å²) < 4.78 is 27.8. The van der Waals surface area contributed by atoms with E-state index in [4.69, 9.17) is 0 Å². The third-order valence-corrected chi connectivity index (χ3v) is 6.50. The minimum absolute atomic E-state index is 0.00498. The molecule has 1 aliphatic rings. The third-order valence-electron chi connectivity index (χ3n) is 5.04. The Bertz CT molecular complexity index is 1010. The van der Waals surface area contributed by atoms with Gasteiger partial charge in [0, 0.05) is 28.8 Å². The van der Waals surface area contributed by atoms with Crippen LogP contribution < -0.4 is 4.72 Å². The van der Waals surface area contributed by atoms with Crippen LogP contribution in [-0.2, 0) is 10.0 Å². The molecule has 7 heteroatoms. The Balaban J connectivity index is 1.79. The van der Waals surface area contributed by atoms with Crippen molar-refractivity contribution < 1.29 is 18.0 Å². The lowest BCUT2D eigenvalue weighted by molar-refractivity contribution is 0.0979. The fourth-order valence-corrected chi connectivity index (χ4v) is 4.48. The van der Waals surface area contributed by atoms with Crippen molar-refractivity contribution in [2.24, 2.45) is 0 Å². The molecule has 28 heavy (non-hydrogen) atoms. The van der Waals surface area contributed by atoms with E-state index in [1.165, 1.54) is 18.2 Å². The van der Waals surface area contributed by atoms with Gasteiger partial charge < -0.3 is 4.90 Å². The second-order valence-electron chi connectivity index (χ2n) is 6.69. The summed E-state index contributed by atoms with van der Waals surface area (Å²) in [6, 6.07) is 10.7. The molecule has 0 atom stereocenters. The number of carbonyl (C=O) groups is 2. The van der Waals surface area contributed by atoms with Gasteiger partial charge in [-0.05, 0) is 44.3 Å². The SMILES string of the molecule is CCN(CC)CCCNS(=O)(=O)c1ccc2c(c1)C(=O)c1ccccc1C2=O. The van der Waals surface area contributed by atoms with Gasteiger partial charge in [-0.25, -0.2) is 13.1 Å². The predicted octanol–water partition coefficient (Wildman–Crippen LogP) is 2.47. The zero-order valence-electron chi connectivity index (χ0n) is 16.1. The first-order chi connectivity index (χ1) is 13.4. The fraction of sp³-hybridized carbons (Fsp3) is 0.333. The van der Waals surface area contributed by atoms with Gasteiger partial charge in [0.05, 0.1) is 4.90 Å². The number of nitrogens with zero attached hydrogens (tertiary/aromatic N) is 1. The normalized spacial score (nSPS) is 13.5. The molecule has 0 saturated heterocycles. The second-order valence-corrected chi connectivity index (χ2v) is 8.46. The van der Waals surface area contributed by atoms with Crippen LogP contribution in [0.1, 0.15) is 52.1 Å². The van der Waals surface area contributed by atoms with Crippen LogP contribution in [0.2, 0.25) is 0 Å². The van der Waals surface area contributed by atoms with Gasteiger partial charge in [0.1, 0.15) is 0 Å². The van der Waals surface area contributed by atoms with Crippen LogP contribution in [0.15, 0.2) is 47.4 Å². The average molecular weight is 401 g/mol. The van der Waals surface area contributed by atoms with E-state index in [2.05, 4.69) is 23.5 Å². The molecule has 2 aromatic rings. The molecular weight excluding hydrogens is 376 g/mol. The van der Waals surface area contributed by atoms with Crippen LogP contribution >= 0.6 is 0 Å². The Morgan fingerprint density at radius 3 is 2.04 bits per heavy atom. The van der Waals surface area contributed by atoms with Gasteiger partial charge in [-0.15, -0.1) is 0 Å². The van der Waals surface area contributed by atoms with Crippen molar-refractivity contribution in [2.75, 3.05) is 26.2 Å². The molecule has 1 aliphatic carbocycles. The number of sulfonamides is 1. The lowest BCUT2D eigenvalue weighted by Crippen LogP contribution is -2.30. The molecule has 148 valence electrons. The molecule has 0 spiro atoms. The molecular formula is C21H24N2O4S. The Morgan fingerprint density at radius 1 is 0.857 bits per heavy atom. The quantitative estimate of drug-likeness (QED) is 0.587. The highest BCUT2D eigenvalue weighted by Crippen LogP contribution is 2.28. The van der Waals surface area contributed by atoms with E-state index >= 15 is 0 Å². The van der Waals surface area contributed by atoms with Gasteiger partial charge in [0.15, 0.2) is 11.6 Å². The lowest BCUT2D eigenvalue weighted by Gasteiger charge is -2.19. The van der Waals surface area contributed by atoms with Gasteiger partial charge >= 0.3 is 0 Å². The van der Waals surface area contributed by atoms with E-state index in [1.807, 2.05) is 0 Å². The van der Waals surface area contributed by atoms with Crippen molar-refractivity contribution in [3.05, 3.63) is 64.7 Å². The number of hydrogen-bond acceptors (Lipinski definition) is 5. The van der Waals surface area contributed by atoms with Crippen LogP contribution in [0.3, 0.4) is 0 Å². The van der Waals surface area contributed by atoms with E-state index in [-0.39, 0.29) is 27.6 Å². The monoisotopic (exact) mass is 400 g/mol. The predicted molar refractivity (Wildman–Crippen MR) is 107 cm³/mol. The molecule has 3 rings (SSSR count). The summed E-state index contributed by atoms with van der Waals surface area (Å²) in [5.74, 6) is -0.592. The Hall–Kier alpha value is -2.35. The standard InChI is InChI=1S/C21H24N2O4S/c1-3-23(4-2)13-7-12-22-28(26,27)15-10-11-18-19(14-15)21(25)17-9-6-5-8-16(17)20(18)24/h5-6,8-11,14,22H,3-4,7,12-13H2,1-2H3. The maximum Gasteiger partial charge on any atom is 0.240 e. The number of nitrogens with one attached hydrogen (secondary N) is 1. The number of fused-ring (bicyclic) bond motifs is 2. The zero-order chi connectivity index (χ0) is 20.3. The smallest absolute Gasteiger partial charge is 0.240 e. The highest BCUT2D eigenvalue weighted by atomic mass is 32.2. The van der Waals surface area contributed by atoms with Gasteiger partial charge in [0.25, 0.3) is 0 Å². The van der Waals surface area contributed by atoms with Crippen molar-refractivity contribution >= 4 is 21.6 Å². The lowest BCUT2D eigenvalue weighted by atomic mass is 9.84. The van der Waals surface area contributed by atoms with Gasteiger partial charge in [-0.2, -0.15) is 0 Å². The van der Waals surface area contributed by atoms with Crippen LogP contribution in [0, 0.1) is 0 Å². The van der Waals surface area contributed by atoms with Crippen molar-refractivity contribution in [1.82, 2.24) is 9.62 Å². The van der Waals surface area contributed by atoms with Crippen molar-refractivity contribution in [3.63, 3.8) is 0 Å². The molecule has 0 saturated carbocycles. The molecule has 0 aliphatic heterocycles. The minimum Gasteiger partial charge on any atom is -0.304 e. The molecule has 6 nitrogen and oxygen atoms in total. The van der Waals surface area contributed by atoms with E-state index in [9.17, 15) is 18.0 Å².